The monoisotopic (exact) mass is 772 g/mol. The molecule has 0 aliphatic heterocycles. The molecule has 0 atom stereocenters. The van der Waals surface area contributed by atoms with Gasteiger partial charge in [-0.2, -0.15) is 0 Å². The van der Waals surface area contributed by atoms with E-state index >= 15 is 0 Å². The van der Waals surface area contributed by atoms with E-state index in [-0.39, 0.29) is 0 Å². The number of fused-ring (bicyclic) bond motifs is 14. The zero-order valence-electron chi connectivity index (χ0n) is 33.2. The van der Waals surface area contributed by atoms with Gasteiger partial charge in [0.1, 0.15) is 0 Å². The first kappa shape index (κ1) is 34.0. The highest BCUT2D eigenvalue weighted by molar-refractivity contribution is 6.21. The summed E-state index contributed by atoms with van der Waals surface area (Å²) in [5.41, 5.74) is 17.2. The van der Waals surface area contributed by atoms with Gasteiger partial charge in [-0.3, -0.25) is 0 Å². The number of hydrogen-bond acceptors (Lipinski definition) is 2. The Bertz CT molecular complexity index is 3560. The van der Waals surface area contributed by atoms with Crippen molar-refractivity contribution in [3.63, 3.8) is 0 Å². The molecule has 0 bridgehead atoms. The lowest BCUT2D eigenvalue weighted by atomic mass is 9.70. The third kappa shape index (κ3) is 4.79. The van der Waals surface area contributed by atoms with E-state index in [2.05, 4.69) is 218 Å². The molecular formula is C59H36N2. The Morgan fingerprint density at radius 2 is 0.803 bits per heavy atom. The second-order valence-corrected chi connectivity index (χ2v) is 16.3. The highest BCUT2D eigenvalue weighted by atomic mass is 14.9. The quantitative estimate of drug-likeness (QED) is 0.132. The molecule has 0 saturated heterocycles. The van der Waals surface area contributed by atoms with Crippen LogP contribution in [0.15, 0.2) is 218 Å². The third-order valence-corrected chi connectivity index (χ3v) is 13.3. The molecule has 0 saturated carbocycles. The zero-order valence-corrected chi connectivity index (χ0v) is 33.2. The van der Waals surface area contributed by atoms with Crippen molar-refractivity contribution in [2.24, 2.45) is 0 Å². The predicted octanol–water partition coefficient (Wildman–Crippen LogP) is 14.9. The minimum atomic E-state index is -0.445. The van der Waals surface area contributed by atoms with Crippen molar-refractivity contribution < 1.29 is 0 Å². The van der Waals surface area contributed by atoms with E-state index in [1.165, 1.54) is 82.4 Å². The van der Waals surface area contributed by atoms with E-state index in [4.69, 9.17) is 9.97 Å². The summed E-state index contributed by atoms with van der Waals surface area (Å²) in [5, 5.41) is 7.39. The van der Waals surface area contributed by atoms with Gasteiger partial charge < -0.3 is 0 Å². The Morgan fingerprint density at radius 1 is 0.279 bits per heavy atom. The Labute approximate surface area is 354 Å². The topological polar surface area (TPSA) is 25.8 Å². The second-order valence-electron chi connectivity index (χ2n) is 16.3. The van der Waals surface area contributed by atoms with Crippen molar-refractivity contribution in [3.05, 3.63) is 241 Å². The average Bonchev–Trinajstić information content (AvgIpc) is 3.81. The molecule has 1 heterocycles. The van der Waals surface area contributed by atoms with Crippen LogP contribution in [0, 0.1) is 0 Å². The standard InChI is InChI=1S/C59H36N2/c1-2-18-38(19-3-1)58-60-54(44-25-8-9-26-45(44)56-41-22-7-5-20-39(41)35-49-40-21-6-4-17-37(40)33-34-46(49)56)36-55(61-58)48-28-16-32-53-57(48)47-27-12-15-31-52(47)59(53)50-29-13-10-23-42(50)43-24-11-14-30-51(43)59/h1-36H. The van der Waals surface area contributed by atoms with Gasteiger partial charge in [0.2, 0.25) is 0 Å². The summed E-state index contributed by atoms with van der Waals surface area (Å²) in [6.45, 7) is 0. The molecule has 282 valence electrons. The summed E-state index contributed by atoms with van der Waals surface area (Å²) in [6, 6.07) is 79.7. The molecule has 0 amide bonds. The number of aromatic nitrogens is 2. The normalized spacial score (nSPS) is 13.0. The van der Waals surface area contributed by atoms with Gasteiger partial charge in [-0.05, 0) is 100 Å². The first-order valence-electron chi connectivity index (χ1n) is 21.1. The SMILES string of the molecule is c1ccc(-c2nc(-c3ccccc3-c3c4ccccc4cc4c3ccc3ccccc34)cc(-c3cccc4c3-c3ccccc3C43c4ccccc4-c4ccccc43)n2)cc1. The molecule has 2 heteroatoms. The number of hydrogen-bond donors (Lipinski definition) is 0. The maximum atomic E-state index is 5.48. The third-order valence-electron chi connectivity index (χ3n) is 13.3. The molecule has 2 aliphatic rings. The fourth-order valence-electron chi connectivity index (χ4n) is 10.8. The highest BCUT2D eigenvalue weighted by Gasteiger charge is 2.52. The van der Waals surface area contributed by atoms with E-state index in [0.29, 0.717) is 5.82 Å². The minimum Gasteiger partial charge on any atom is -0.228 e. The summed E-state index contributed by atoms with van der Waals surface area (Å²) >= 11 is 0. The van der Waals surface area contributed by atoms with Crippen LogP contribution in [-0.2, 0) is 5.41 Å². The Balaban J connectivity index is 1.09. The molecule has 0 N–H and O–H groups in total. The number of nitrogens with zero attached hydrogens (tertiary/aromatic N) is 2. The molecule has 2 aliphatic carbocycles. The average molecular weight is 773 g/mol. The molecule has 1 aromatic heterocycles. The fraction of sp³-hybridized carbons (Fsp3) is 0.0169. The largest absolute Gasteiger partial charge is 0.228 e. The van der Waals surface area contributed by atoms with Gasteiger partial charge in [-0.1, -0.05) is 206 Å². The van der Waals surface area contributed by atoms with Crippen molar-refractivity contribution in [1.29, 1.82) is 0 Å². The fourth-order valence-corrected chi connectivity index (χ4v) is 10.8. The van der Waals surface area contributed by atoms with Crippen LogP contribution >= 0.6 is 0 Å². The van der Waals surface area contributed by atoms with Gasteiger partial charge >= 0.3 is 0 Å². The molecule has 1 spiro atoms. The maximum Gasteiger partial charge on any atom is 0.160 e. The summed E-state index contributed by atoms with van der Waals surface area (Å²) in [4.78, 5) is 10.9. The van der Waals surface area contributed by atoms with E-state index in [0.717, 1.165) is 33.6 Å². The second kappa shape index (κ2) is 13.0. The lowest BCUT2D eigenvalue weighted by Gasteiger charge is -2.30. The van der Waals surface area contributed by atoms with Crippen LogP contribution in [0.1, 0.15) is 22.3 Å². The Kier molecular flexibility index (Phi) is 7.26. The molecule has 2 nitrogen and oxygen atoms in total. The van der Waals surface area contributed by atoms with Crippen LogP contribution in [-0.4, -0.2) is 9.97 Å². The van der Waals surface area contributed by atoms with Crippen LogP contribution in [0.25, 0.3) is 99.6 Å². The molecule has 0 unspecified atom stereocenters. The van der Waals surface area contributed by atoms with E-state index in [1.54, 1.807) is 0 Å². The van der Waals surface area contributed by atoms with E-state index in [1.807, 2.05) is 0 Å². The van der Waals surface area contributed by atoms with Crippen molar-refractivity contribution in [2.75, 3.05) is 0 Å². The summed E-state index contributed by atoms with van der Waals surface area (Å²) in [5.74, 6) is 0.701. The van der Waals surface area contributed by atoms with Crippen LogP contribution in [0.2, 0.25) is 0 Å². The van der Waals surface area contributed by atoms with Crippen LogP contribution in [0.4, 0.5) is 0 Å². The Morgan fingerprint density at radius 3 is 1.54 bits per heavy atom. The van der Waals surface area contributed by atoms with Crippen molar-refractivity contribution in [2.45, 2.75) is 5.41 Å². The highest BCUT2D eigenvalue weighted by Crippen LogP contribution is 2.64. The van der Waals surface area contributed by atoms with Gasteiger partial charge in [0.05, 0.1) is 16.8 Å². The molecule has 10 aromatic carbocycles. The first-order chi connectivity index (χ1) is 30.3. The van der Waals surface area contributed by atoms with Gasteiger partial charge in [0, 0.05) is 16.7 Å². The Hall–Kier alpha value is -7.94. The van der Waals surface area contributed by atoms with E-state index in [9.17, 15) is 0 Å². The number of rotatable bonds is 4. The first-order valence-corrected chi connectivity index (χ1v) is 21.1. The van der Waals surface area contributed by atoms with E-state index < -0.39 is 5.41 Å². The zero-order chi connectivity index (χ0) is 40.1. The molecular weight excluding hydrogens is 737 g/mol. The van der Waals surface area contributed by atoms with Crippen LogP contribution in [0.3, 0.4) is 0 Å². The van der Waals surface area contributed by atoms with Gasteiger partial charge in [-0.25, -0.2) is 9.97 Å². The van der Waals surface area contributed by atoms with Crippen molar-refractivity contribution in [3.8, 4) is 67.3 Å². The molecule has 13 rings (SSSR count). The minimum absolute atomic E-state index is 0.445. The van der Waals surface area contributed by atoms with Crippen LogP contribution < -0.4 is 0 Å². The van der Waals surface area contributed by atoms with Gasteiger partial charge in [-0.15, -0.1) is 0 Å². The van der Waals surface area contributed by atoms with Crippen LogP contribution in [0.5, 0.6) is 0 Å². The maximum absolute atomic E-state index is 5.48. The van der Waals surface area contributed by atoms with Crippen molar-refractivity contribution >= 4 is 32.3 Å². The summed E-state index contributed by atoms with van der Waals surface area (Å²) < 4.78 is 0. The lowest BCUT2D eigenvalue weighted by molar-refractivity contribution is 0.794. The lowest BCUT2D eigenvalue weighted by Crippen LogP contribution is -2.25. The molecule has 0 fully saturated rings. The molecule has 61 heavy (non-hydrogen) atoms. The summed E-state index contributed by atoms with van der Waals surface area (Å²) in [7, 11) is 0. The molecule has 0 radical (unpaired) electrons. The van der Waals surface area contributed by atoms with Gasteiger partial charge in [0.15, 0.2) is 5.82 Å². The molecule has 11 aromatic rings. The van der Waals surface area contributed by atoms with Gasteiger partial charge in [0.25, 0.3) is 0 Å². The number of benzene rings is 10. The summed E-state index contributed by atoms with van der Waals surface area (Å²) in [6.07, 6.45) is 0. The smallest absolute Gasteiger partial charge is 0.160 e. The van der Waals surface area contributed by atoms with Crippen molar-refractivity contribution in [1.82, 2.24) is 9.97 Å². The predicted molar refractivity (Wildman–Crippen MR) is 253 cm³/mol.